The van der Waals surface area contributed by atoms with Crippen LogP contribution in [-0.4, -0.2) is 11.1 Å². The van der Waals surface area contributed by atoms with Crippen LogP contribution in [0.4, 0.5) is 0 Å². The second kappa shape index (κ2) is 6.03. The fraction of sp³-hybridized carbons (Fsp3) is 0.500. The molecule has 1 aromatic carbocycles. The van der Waals surface area contributed by atoms with Crippen LogP contribution in [-0.2, 0) is 6.54 Å². The summed E-state index contributed by atoms with van der Waals surface area (Å²) in [7, 11) is 0. The largest absolute Gasteiger partial charge is 0.506 e. The van der Waals surface area contributed by atoms with E-state index in [1.165, 1.54) is 0 Å². The van der Waals surface area contributed by atoms with E-state index in [1.807, 2.05) is 12.1 Å². The van der Waals surface area contributed by atoms with Gasteiger partial charge in [-0.1, -0.05) is 13.8 Å². The lowest BCUT2D eigenvalue weighted by Gasteiger charge is -2.17. The van der Waals surface area contributed by atoms with Crippen LogP contribution in [0, 0.1) is 5.92 Å². The van der Waals surface area contributed by atoms with Crippen molar-refractivity contribution in [2.24, 2.45) is 5.92 Å². The third-order valence-electron chi connectivity index (χ3n) is 2.70. The standard InChI is InChI=1S/C12H17Br2NO/c1-7(2)8(3)15-6-9-4-10(13)12(16)11(14)5-9/h4-5,7-8,15-16H,6H2,1-3H3. The molecule has 1 aromatic rings. The minimum Gasteiger partial charge on any atom is -0.506 e. The smallest absolute Gasteiger partial charge is 0.143 e. The summed E-state index contributed by atoms with van der Waals surface area (Å²) >= 11 is 6.65. The lowest BCUT2D eigenvalue weighted by atomic mass is 10.1. The summed E-state index contributed by atoms with van der Waals surface area (Å²) in [5.74, 6) is 0.865. The normalized spacial score (nSPS) is 13.1. The average molecular weight is 351 g/mol. The van der Waals surface area contributed by atoms with Crippen molar-refractivity contribution in [3.63, 3.8) is 0 Å². The second-order valence-corrected chi connectivity index (χ2v) is 6.03. The van der Waals surface area contributed by atoms with Crippen LogP contribution >= 0.6 is 31.9 Å². The maximum atomic E-state index is 9.58. The summed E-state index contributed by atoms with van der Waals surface area (Å²) < 4.78 is 1.44. The molecule has 0 heterocycles. The first-order chi connectivity index (χ1) is 7.41. The Morgan fingerprint density at radius 1 is 1.19 bits per heavy atom. The lowest BCUT2D eigenvalue weighted by Crippen LogP contribution is -2.30. The highest BCUT2D eigenvalue weighted by Gasteiger charge is 2.08. The van der Waals surface area contributed by atoms with E-state index < -0.39 is 0 Å². The van der Waals surface area contributed by atoms with Gasteiger partial charge in [0.05, 0.1) is 8.95 Å². The van der Waals surface area contributed by atoms with Crippen molar-refractivity contribution in [3.05, 3.63) is 26.6 Å². The molecule has 16 heavy (non-hydrogen) atoms. The van der Waals surface area contributed by atoms with Gasteiger partial charge >= 0.3 is 0 Å². The van der Waals surface area contributed by atoms with Crippen LogP contribution in [0.2, 0.25) is 0 Å². The van der Waals surface area contributed by atoms with Crippen LogP contribution in [0.1, 0.15) is 26.3 Å². The number of phenolic OH excluding ortho intramolecular Hbond substituents is 1. The van der Waals surface area contributed by atoms with Gasteiger partial charge in [-0.2, -0.15) is 0 Å². The molecule has 90 valence electrons. The zero-order valence-electron chi connectivity index (χ0n) is 9.72. The zero-order chi connectivity index (χ0) is 12.3. The van der Waals surface area contributed by atoms with E-state index in [2.05, 4.69) is 57.9 Å². The Balaban J connectivity index is 2.68. The van der Waals surface area contributed by atoms with Crippen molar-refractivity contribution in [2.75, 3.05) is 0 Å². The molecule has 2 nitrogen and oxygen atoms in total. The molecule has 0 bridgehead atoms. The number of nitrogens with one attached hydrogen (secondary N) is 1. The third kappa shape index (κ3) is 3.75. The van der Waals surface area contributed by atoms with Crippen LogP contribution in [0.25, 0.3) is 0 Å². The van der Waals surface area contributed by atoms with Gasteiger partial charge in [0.25, 0.3) is 0 Å². The molecule has 0 aromatic heterocycles. The highest BCUT2D eigenvalue weighted by molar-refractivity contribution is 9.11. The van der Waals surface area contributed by atoms with E-state index in [1.54, 1.807) is 0 Å². The van der Waals surface area contributed by atoms with Crippen molar-refractivity contribution < 1.29 is 5.11 Å². The van der Waals surface area contributed by atoms with Crippen molar-refractivity contribution in [3.8, 4) is 5.75 Å². The Bertz CT molecular complexity index is 343. The number of halogens is 2. The first kappa shape index (κ1) is 14.0. The highest BCUT2D eigenvalue weighted by atomic mass is 79.9. The minimum atomic E-state index is 0.251. The highest BCUT2D eigenvalue weighted by Crippen LogP contribution is 2.33. The van der Waals surface area contributed by atoms with E-state index >= 15 is 0 Å². The molecule has 0 fully saturated rings. The van der Waals surface area contributed by atoms with Gasteiger partial charge in [-0.05, 0) is 62.4 Å². The third-order valence-corrected chi connectivity index (χ3v) is 3.91. The quantitative estimate of drug-likeness (QED) is 0.858. The monoisotopic (exact) mass is 349 g/mol. The van der Waals surface area contributed by atoms with Gasteiger partial charge < -0.3 is 10.4 Å². The van der Waals surface area contributed by atoms with E-state index in [0.717, 1.165) is 21.1 Å². The SMILES string of the molecule is CC(C)C(C)NCc1cc(Br)c(O)c(Br)c1. The number of phenols is 1. The maximum Gasteiger partial charge on any atom is 0.143 e. The van der Waals surface area contributed by atoms with Gasteiger partial charge in [-0.3, -0.25) is 0 Å². The number of benzene rings is 1. The van der Waals surface area contributed by atoms with E-state index in [9.17, 15) is 5.11 Å². The molecule has 0 saturated heterocycles. The number of hydrogen-bond donors (Lipinski definition) is 2. The van der Waals surface area contributed by atoms with Crippen molar-refractivity contribution in [2.45, 2.75) is 33.4 Å². The molecule has 0 radical (unpaired) electrons. The van der Waals surface area contributed by atoms with Gasteiger partial charge in [-0.15, -0.1) is 0 Å². The summed E-state index contributed by atoms with van der Waals surface area (Å²) in [4.78, 5) is 0. The molecule has 0 aliphatic carbocycles. The average Bonchev–Trinajstić information content (AvgIpc) is 2.22. The Morgan fingerprint density at radius 3 is 2.12 bits per heavy atom. The van der Waals surface area contributed by atoms with E-state index in [4.69, 9.17) is 0 Å². The molecule has 2 N–H and O–H groups in total. The Morgan fingerprint density at radius 2 is 1.69 bits per heavy atom. The topological polar surface area (TPSA) is 32.3 Å². The molecule has 1 atom stereocenters. The molecule has 0 spiro atoms. The first-order valence-corrected chi connectivity index (χ1v) is 6.90. The number of hydrogen-bond acceptors (Lipinski definition) is 2. The van der Waals surface area contributed by atoms with E-state index in [0.29, 0.717) is 12.0 Å². The van der Waals surface area contributed by atoms with Gasteiger partial charge in [0.2, 0.25) is 0 Å². The fourth-order valence-electron chi connectivity index (χ4n) is 1.23. The minimum absolute atomic E-state index is 0.251. The summed E-state index contributed by atoms with van der Waals surface area (Å²) in [6.07, 6.45) is 0. The predicted octanol–water partition coefficient (Wildman–Crippen LogP) is 4.05. The second-order valence-electron chi connectivity index (χ2n) is 4.32. The molecule has 0 saturated carbocycles. The van der Waals surface area contributed by atoms with Crippen LogP contribution in [0.15, 0.2) is 21.1 Å². The molecule has 4 heteroatoms. The molecule has 1 unspecified atom stereocenters. The van der Waals surface area contributed by atoms with Crippen molar-refractivity contribution in [1.29, 1.82) is 0 Å². The molecule has 0 aliphatic rings. The van der Waals surface area contributed by atoms with E-state index in [-0.39, 0.29) is 5.75 Å². The number of aromatic hydroxyl groups is 1. The molecular weight excluding hydrogens is 334 g/mol. The summed E-state index contributed by atoms with van der Waals surface area (Å²) in [6, 6.07) is 4.34. The Hall–Kier alpha value is -0.0600. The van der Waals surface area contributed by atoms with Crippen LogP contribution in [0.5, 0.6) is 5.75 Å². The van der Waals surface area contributed by atoms with Crippen molar-refractivity contribution in [1.82, 2.24) is 5.32 Å². The Labute approximate surface area is 114 Å². The summed E-state index contributed by atoms with van der Waals surface area (Å²) in [5, 5.41) is 13.0. The Kier molecular flexibility index (Phi) is 5.28. The summed E-state index contributed by atoms with van der Waals surface area (Å²) in [5.41, 5.74) is 1.14. The molecule has 0 amide bonds. The molecule has 0 aliphatic heterocycles. The van der Waals surface area contributed by atoms with Gasteiger partial charge in [0.1, 0.15) is 5.75 Å². The predicted molar refractivity (Wildman–Crippen MR) is 74.6 cm³/mol. The van der Waals surface area contributed by atoms with Crippen molar-refractivity contribution >= 4 is 31.9 Å². The molecule has 1 rings (SSSR count). The van der Waals surface area contributed by atoms with Crippen LogP contribution < -0.4 is 5.32 Å². The fourth-order valence-corrected chi connectivity index (χ4v) is 2.52. The molecular formula is C12H17Br2NO. The maximum absolute atomic E-state index is 9.58. The van der Waals surface area contributed by atoms with Gasteiger partial charge in [-0.25, -0.2) is 0 Å². The first-order valence-electron chi connectivity index (χ1n) is 5.32. The summed E-state index contributed by atoms with van der Waals surface area (Å²) in [6.45, 7) is 7.37. The van der Waals surface area contributed by atoms with Gasteiger partial charge in [0, 0.05) is 12.6 Å². The zero-order valence-corrected chi connectivity index (χ0v) is 12.9. The van der Waals surface area contributed by atoms with Gasteiger partial charge in [0.15, 0.2) is 0 Å². The number of rotatable bonds is 4. The van der Waals surface area contributed by atoms with Crippen LogP contribution in [0.3, 0.4) is 0 Å². The lowest BCUT2D eigenvalue weighted by molar-refractivity contribution is 0.425.